The van der Waals surface area contributed by atoms with Crippen LogP contribution in [0.25, 0.3) is 6.08 Å². The minimum Gasteiger partial charge on any atom is -0.467 e. The number of carbonyl (C=O) groups excluding carboxylic acids is 3. The highest BCUT2D eigenvalue weighted by Gasteiger charge is 2.26. The molecule has 2 amide bonds. The van der Waals surface area contributed by atoms with Crippen molar-refractivity contribution in [1.29, 1.82) is 0 Å². The molecule has 2 rings (SSSR count). The van der Waals surface area contributed by atoms with Crippen LogP contribution < -0.4 is 10.2 Å². The smallest absolute Gasteiger partial charge is 0.328 e. The van der Waals surface area contributed by atoms with Crippen LogP contribution in [0.2, 0.25) is 0 Å². The molecule has 1 N–H and O–H groups in total. The van der Waals surface area contributed by atoms with Crippen LogP contribution in [0.4, 0.5) is 5.69 Å². The van der Waals surface area contributed by atoms with E-state index in [0.717, 1.165) is 5.56 Å². The molecule has 6 heteroatoms. The van der Waals surface area contributed by atoms with Gasteiger partial charge in [0, 0.05) is 17.3 Å². The monoisotopic (exact) mass is 490 g/mol. The van der Waals surface area contributed by atoms with Gasteiger partial charge in [-0.1, -0.05) is 82.3 Å². The van der Waals surface area contributed by atoms with Gasteiger partial charge in [0.2, 0.25) is 5.91 Å². The summed E-state index contributed by atoms with van der Waals surface area (Å²) in [5, 5.41) is 2.84. The predicted octanol–water partition coefficient (Wildman–Crippen LogP) is 5.41. The van der Waals surface area contributed by atoms with E-state index in [2.05, 4.69) is 19.2 Å². The summed E-state index contributed by atoms with van der Waals surface area (Å²) in [6.07, 6.45) is 6.24. The zero-order chi connectivity index (χ0) is 26.5. The number of ether oxygens (including phenoxy) is 1. The van der Waals surface area contributed by atoms with E-state index >= 15 is 0 Å². The van der Waals surface area contributed by atoms with E-state index in [0.29, 0.717) is 30.0 Å². The van der Waals surface area contributed by atoms with Crippen molar-refractivity contribution in [3.05, 3.63) is 84.0 Å². The quantitative estimate of drug-likeness (QED) is 0.319. The standard InChI is InChI=1S/C30H38N2O4/c1-22(2)16-18-25(29(34)31-27(20-23(3)4)30(35)36-5)21-32(26-14-10-7-11-15-26)28(33)19-17-24-12-8-6-9-13-24/h6-15,17-19,22-23,27H,16,20-21H2,1-5H3,(H,31,34)/b19-17+,25-18+/t27-/m0/s1. The molecule has 0 aliphatic heterocycles. The number of methoxy groups -OCH3 is 1. The minimum absolute atomic E-state index is 0.0656. The lowest BCUT2D eigenvalue weighted by Gasteiger charge is -2.25. The fraction of sp³-hybridized carbons (Fsp3) is 0.367. The van der Waals surface area contributed by atoms with Gasteiger partial charge in [0.05, 0.1) is 13.7 Å². The average Bonchev–Trinajstić information content (AvgIpc) is 2.87. The molecule has 0 aliphatic rings. The zero-order valence-electron chi connectivity index (χ0n) is 21.9. The summed E-state index contributed by atoms with van der Waals surface area (Å²) in [4.78, 5) is 40.6. The van der Waals surface area contributed by atoms with Gasteiger partial charge in [0.1, 0.15) is 6.04 Å². The summed E-state index contributed by atoms with van der Waals surface area (Å²) in [5.41, 5.74) is 2.00. The van der Waals surface area contributed by atoms with Crippen molar-refractivity contribution in [3.63, 3.8) is 0 Å². The topological polar surface area (TPSA) is 75.7 Å². The number of amides is 2. The maximum atomic E-state index is 13.4. The van der Waals surface area contributed by atoms with E-state index < -0.39 is 12.0 Å². The molecule has 0 fully saturated rings. The van der Waals surface area contributed by atoms with Crippen LogP contribution in [0.5, 0.6) is 0 Å². The minimum atomic E-state index is -0.760. The molecule has 0 spiro atoms. The maximum absolute atomic E-state index is 13.4. The molecule has 36 heavy (non-hydrogen) atoms. The van der Waals surface area contributed by atoms with Gasteiger partial charge in [-0.05, 0) is 48.4 Å². The summed E-state index contributed by atoms with van der Waals surface area (Å²) < 4.78 is 4.91. The lowest BCUT2D eigenvalue weighted by Crippen LogP contribution is -2.45. The van der Waals surface area contributed by atoms with Crippen LogP contribution in [-0.2, 0) is 19.1 Å². The molecule has 0 unspecified atom stereocenters. The normalized spacial score (nSPS) is 12.6. The van der Waals surface area contributed by atoms with Crippen LogP contribution in [0.1, 0.15) is 46.1 Å². The molecule has 0 heterocycles. The number of anilines is 1. The second kappa shape index (κ2) is 14.7. The van der Waals surface area contributed by atoms with Crippen molar-refractivity contribution < 1.29 is 19.1 Å². The first-order chi connectivity index (χ1) is 17.2. The van der Waals surface area contributed by atoms with E-state index in [1.165, 1.54) is 13.2 Å². The van der Waals surface area contributed by atoms with E-state index in [-0.39, 0.29) is 24.3 Å². The van der Waals surface area contributed by atoms with Gasteiger partial charge in [0.15, 0.2) is 0 Å². The number of esters is 1. The zero-order valence-corrected chi connectivity index (χ0v) is 21.9. The average molecular weight is 491 g/mol. The van der Waals surface area contributed by atoms with Gasteiger partial charge in [-0.15, -0.1) is 0 Å². The van der Waals surface area contributed by atoms with Crippen molar-refractivity contribution in [1.82, 2.24) is 5.32 Å². The summed E-state index contributed by atoms with van der Waals surface area (Å²) in [6, 6.07) is 18.1. The molecule has 0 aromatic heterocycles. The third kappa shape index (κ3) is 9.53. The number of para-hydroxylation sites is 1. The first-order valence-electron chi connectivity index (χ1n) is 12.4. The van der Waals surface area contributed by atoms with Crippen LogP contribution in [0, 0.1) is 11.8 Å². The summed E-state index contributed by atoms with van der Waals surface area (Å²) >= 11 is 0. The number of benzene rings is 2. The SMILES string of the molecule is COC(=O)[C@H](CC(C)C)NC(=O)/C(=C/CC(C)C)CN(C(=O)/C=C/c1ccccc1)c1ccccc1. The largest absolute Gasteiger partial charge is 0.467 e. The van der Waals surface area contributed by atoms with Crippen LogP contribution in [-0.4, -0.2) is 37.5 Å². The maximum Gasteiger partial charge on any atom is 0.328 e. The molecule has 0 saturated carbocycles. The Morgan fingerprint density at radius 3 is 2.08 bits per heavy atom. The van der Waals surface area contributed by atoms with Crippen LogP contribution in [0.15, 0.2) is 78.4 Å². The fourth-order valence-corrected chi connectivity index (χ4v) is 3.58. The lowest BCUT2D eigenvalue weighted by molar-refractivity contribution is -0.145. The molecule has 2 aromatic rings. The summed E-state index contributed by atoms with van der Waals surface area (Å²) in [6.45, 7) is 8.14. The highest BCUT2D eigenvalue weighted by molar-refractivity contribution is 6.06. The van der Waals surface area contributed by atoms with Crippen LogP contribution in [0.3, 0.4) is 0 Å². The molecular weight excluding hydrogens is 452 g/mol. The Labute approximate surface area is 215 Å². The molecule has 0 aliphatic carbocycles. The highest BCUT2D eigenvalue weighted by Crippen LogP contribution is 2.18. The van der Waals surface area contributed by atoms with Gasteiger partial charge in [0.25, 0.3) is 5.91 Å². The Hall–Kier alpha value is -3.67. The van der Waals surface area contributed by atoms with Crippen molar-refractivity contribution in [3.8, 4) is 0 Å². The highest BCUT2D eigenvalue weighted by atomic mass is 16.5. The van der Waals surface area contributed by atoms with Gasteiger partial charge < -0.3 is 15.0 Å². The number of allylic oxidation sites excluding steroid dienone is 1. The van der Waals surface area contributed by atoms with E-state index in [1.54, 1.807) is 11.0 Å². The second-order valence-electron chi connectivity index (χ2n) is 9.54. The molecule has 0 bridgehead atoms. The lowest BCUT2D eigenvalue weighted by atomic mass is 10.0. The number of hydrogen-bond donors (Lipinski definition) is 1. The molecule has 2 aromatic carbocycles. The fourth-order valence-electron chi connectivity index (χ4n) is 3.58. The van der Waals surface area contributed by atoms with E-state index in [4.69, 9.17) is 4.74 Å². The Bertz CT molecular complexity index is 1040. The van der Waals surface area contributed by atoms with Crippen molar-refractivity contribution >= 4 is 29.5 Å². The van der Waals surface area contributed by atoms with Gasteiger partial charge in [-0.3, -0.25) is 9.59 Å². The number of nitrogens with one attached hydrogen (secondary N) is 1. The van der Waals surface area contributed by atoms with E-state index in [1.807, 2.05) is 80.6 Å². The van der Waals surface area contributed by atoms with Crippen molar-refractivity contribution in [2.24, 2.45) is 11.8 Å². The third-order valence-electron chi connectivity index (χ3n) is 5.51. The van der Waals surface area contributed by atoms with Crippen molar-refractivity contribution in [2.75, 3.05) is 18.6 Å². The van der Waals surface area contributed by atoms with Gasteiger partial charge in [-0.25, -0.2) is 4.79 Å². The molecule has 0 radical (unpaired) electrons. The first-order valence-corrected chi connectivity index (χ1v) is 12.4. The number of nitrogens with zero attached hydrogens (tertiary/aromatic N) is 1. The van der Waals surface area contributed by atoms with Crippen LogP contribution >= 0.6 is 0 Å². The molecule has 0 saturated heterocycles. The molecule has 1 atom stereocenters. The Morgan fingerprint density at radius 2 is 1.53 bits per heavy atom. The first kappa shape index (κ1) is 28.6. The number of rotatable bonds is 12. The van der Waals surface area contributed by atoms with Crippen molar-refractivity contribution in [2.45, 2.75) is 46.6 Å². The molecular formula is C30H38N2O4. The Balaban J connectivity index is 2.36. The summed E-state index contributed by atoms with van der Waals surface area (Å²) in [7, 11) is 1.31. The number of hydrogen-bond acceptors (Lipinski definition) is 4. The van der Waals surface area contributed by atoms with Gasteiger partial charge in [-0.2, -0.15) is 0 Å². The molecule has 6 nitrogen and oxygen atoms in total. The Kier molecular flexibility index (Phi) is 11.6. The number of carbonyl (C=O) groups is 3. The molecule has 192 valence electrons. The van der Waals surface area contributed by atoms with E-state index in [9.17, 15) is 14.4 Å². The summed E-state index contributed by atoms with van der Waals surface area (Å²) in [5.74, 6) is -0.615. The van der Waals surface area contributed by atoms with Gasteiger partial charge >= 0.3 is 5.97 Å². The predicted molar refractivity (Wildman–Crippen MR) is 145 cm³/mol. The third-order valence-corrected chi connectivity index (χ3v) is 5.51. The second-order valence-corrected chi connectivity index (χ2v) is 9.54. The Morgan fingerprint density at radius 1 is 0.917 bits per heavy atom.